The van der Waals surface area contributed by atoms with Gasteiger partial charge in [-0.05, 0) is 61.2 Å². The maximum Gasteiger partial charge on any atom is 0.267 e. The molecule has 0 saturated heterocycles. The lowest BCUT2D eigenvalue weighted by molar-refractivity contribution is 0.0950. The fraction of sp³-hybridized carbons (Fsp3) is 0.211. The molecule has 0 atom stereocenters. The van der Waals surface area contributed by atoms with Crippen molar-refractivity contribution >= 4 is 26.8 Å². The first-order chi connectivity index (χ1) is 12.2. The summed E-state index contributed by atoms with van der Waals surface area (Å²) in [5.41, 5.74) is 4.67. The number of carbonyl (C=O) groups excluding carboxylic acids is 1. The number of primary sulfonamides is 1. The third kappa shape index (κ3) is 3.95. The van der Waals surface area contributed by atoms with Crippen molar-refractivity contribution in [3.05, 3.63) is 64.8 Å². The second-order valence-corrected chi connectivity index (χ2v) is 7.98. The van der Waals surface area contributed by atoms with Gasteiger partial charge in [0.1, 0.15) is 5.69 Å². The molecule has 26 heavy (non-hydrogen) atoms. The van der Waals surface area contributed by atoms with Gasteiger partial charge in [0.25, 0.3) is 5.91 Å². The molecule has 3 rings (SSSR count). The van der Waals surface area contributed by atoms with Crippen molar-refractivity contribution in [1.82, 2.24) is 10.3 Å². The zero-order valence-corrected chi connectivity index (χ0v) is 15.5. The molecule has 2 aromatic carbocycles. The molecule has 0 aliphatic rings. The average molecular weight is 371 g/mol. The van der Waals surface area contributed by atoms with Crippen LogP contribution in [0.15, 0.2) is 47.4 Å². The van der Waals surface area contributed by atoms with Gasteiger partial charge in [-0.3, -0.25) is 4.79 Å². The number of carbonyl (C=O) groups is 1. The summed E-state index contributed by atoms with van der Waals surface area (Å²) in [4.78, 5) is 15.6. The van der Waals surface area contributed by atoms with E-state index in [1.807, 2.05) is 26.0 Å². The van der Waals surface area contributed by atoms with Crippen molar-refractivity contribution in [3.8, 4) is 0 Å². The molecule has 0 fully saturated rings. The van der Waals surface area contributed by atoms with Gasteiger partial charge < -0.3 is 10.3 Å². The van der Waals surface area contributed by atoms with E-state index in [2.05, 4.69) is 16.4 Å². The summed E-state index contributed by atoms with van der Waals surface area (Å²) in [6, 6.07) is 12.3. The Labute approximate surface area is 152 Å². The molecule has 7 heteroatoms. The van der Waals surface area contributed by atoms with E-state index < -0.39 is 10.0 Å². The molecule has 0 radical (unpaired) electrons. The topological polar surface area (TPSA) is 105 Å². The number of sulfonamides is 1. The van der Waals surface area contributed by atoms with Crippen LogP contribution in [0.2, 0.25) is 0 Å². The Kier molecular flexibility index (Phi) is 4.84. The lowest BCUT2D eigenvalue weighted by Gasteiger charge is -2.05. The number of H-pyrrole nitrogens is 1. The summed E-state index contributed by atoms with van der Waals surface area (Å²) in [5.74, 6) is -0.167. The summed E-state index contributed by atoms with van der Waals surface area (Å²) in [5, 5.41) is 8.99. The number of aromatic amines is 1. The Morgan fingerprint density at radius 2 is 1.81 bits per heavy atom. The largest absolute Gasteiger partial charge is 0.351 e. The van der Waals surface area contributed by atoms with Crippen LogP contribution in [0.3, 0.4) is 0 Å². The summed E-state index contributed by atoms with van der Waals surface area (Å²) < 4.78 is 22.5. The molecule has 136 valence electrons. The summed E-state index contributed by atoms with van der Waals surface area (Å²) >= 11 is 0. The van der Waals surface area contributed by atoms with Crippen LogP contribution in [0.4, 0.5) is 0 Å². The van der Waals surface area contributed by atoms with Gasteiger partial charge in [0.15, 0.2) is 0 Å². The van der Waals surface area contributed by atoms with E-state index in [9.17, 15) is 13.2 Å². The van der Waals surface area contributed by atoms with Gasteiger partial charge in [-0.2, -0.15) is 0 Å². The Morgan fingerprint density at radius 1 is 1.12 bits per heavy atom. The first-order valence-electron chi connectivity index (χ1n) is 8.24. The second kappa shape index (κ2) is 6.93. The van der Waals surface area contributed by atoms with E-state index >= 15 is 0 Å². The van der Waals surface area contributed by atoms with Gasteiger partial charge >= 0.3 is 0 Å². The summed E-state index contributed by atoms with van der Waals surface area (Å²) in [6.07, 6.45) is 0.592. The molecule has 0 saturated carbocycles. The first-order valence-corrected chi connectivity index (χ1v) is 9.78. The number of hydrogen-bond donors (Lipinski definition) is 3. The van der Waals surface area contributed by atoms with E-state index in [0.29, 0.717) is 18.7 Å². The van der Waals surface area contributed by atoms with Crippen LogP contribution in [0.25, 0.3) is 10.9 Å². The number of amides is 1. The minimum atomic E-state index is -3.68. The summed E-state index contributed by atoms with van der Waals surface area (Å²) in [7, 11) is -3.68. The highest BCUT2D eigenvalue weighted by molar-refractivity contribution is 7.89. The Morgan fingerprint density at radius 3 is 2.46 bits per heavy atom. The number of aromatic nitrogens is 1. The molecular weight excluding hydrogens is 350 g/mol. The maximum atomic E-state index is 12.3. The van der Waals surface area contributed by atoms with Crippen LogP contribution in [0.5, 0.6) is 0 Å². The van der Waals surface area contributed by atoms with Crippen molar-refractivity contribution in [1.29, 1.82) is 0 Å². The van der Waals surface area contributed by atoms with Crippen molar-refractivity contribution in [2.75, 3.05) is 6.54 Å². The smallest absolute Gasteiger partial charge is 0.267 e. The lowest BCUT2D eigenvalue weighted by Crippen LogP contribution is -2.25. The minimum absolute atomic E-state index is 0.0778. The third-order valence-electron chi connectivity index (χ3n) is 4.28. The van der Waals surface area contributed by atoms with Gasteiger partial charge in [0.05, 0.1) is 4.90 Å². The molecule has 0 aliphatic carbocycles. The van der Waals surface area contributed by atoms with Gasteiger partial charge in [0.2, 0.25) is 10.0 Å². The molecule has 0 bridgehead atoms. The van der Waals surface area contributed by atoms with Gasteiger partial charge in [-0.1, -0.05) is 18.2 Å². The van der Waals surface area contributed by atoms with Gasteiger partial charge in [-0.15, -0.1) is 0 Å². The second-order valence-electron chi connectivity index (χ2n) is 6.42. The van der Waals surface area contributed by atoms with Crippen LogP contribution in [-0.4, -0.2) is 25.9 Å². The van der Waals surface area contributed by atoms with Crippen LogP contribution < -0.4 is 10.5 Å². The van der Waals surface area contributed by atoms with Gasteiger partial charge in [-0.25, -0.2) is 13.6 Å². The van der Waals surface area contributed by atoms with Crippen molar-refractivity contribution in [2.24, 2.45) is 5.14 Å². The maximum absolute atomic E-state index is 12.3. The molecule has 4 N–H and O–H groups in total. The zero-order chi connectivity index (χ0) is 18.9. The molecule has 1 amide bonds. The lowest BCUT2D eigenvalue weighted by atomic mass is 10.1. The summed E-state index contributed by atoms with van der Waals surface area (Å²) in [6.45, 7) is 4.49. The Bertz CT molecular complexity index is 1070. The predicted molar refractivity (Wildman–Crippen MR) is 102 cm³/mol. The van der Waals surface area contributed by atoms with Crippen LogP contribution >= 0.6 is 0 Å². The van der Waals surface area contributed by atoms with Crippen molar-refractivity contribution < 1.29 is 13.2 Å². The van der Waals surface area contributed by atoms with E-state index in [-0.39, 0.29) is 10.8 Å². The third-order valence-corrected chi connectivity index (χ3v) is 5.21. The number of nitrogens with one attached hydrogen (secondary N) is 2. The highest BCUT2D eigenvalue weighted by atomic mass is 32.2. The van der Waals surface area contributed by atoms with E-state index in [4.69, 9.17) is 5.14 Å². The van der Waals surface area contributed by atoms with E-state index in [1.165, 1.54) is 12.1 Å². The SMILES string of the molecule is Cc1cc(C)c2cc(C(=O)NCCc3ccc(S(N)(=O)=O)cc3)[nH]c2c1. The number of hydrogen-bond acceptors (Lipinski definition) is 3. The number of aryl methyl sites for hydroxylation is 2. The van der Waals surface area contributed by atoms with E-state index in [1.54, 1.807) is 12.1 Å². The van der Waals surface area contributed by atoms with Crippen LogP contribution in [-0.2, 0) is 16.4 Å². The van der Waals surface area contributed by atoms with Crippen molar-refractivity contribution in [3.63, 3.8) is 0 Å². The number of benzene rings is 2. The molecule has 6 nitrogen and oxygen atoms in total. The highest BCUT2D eigenvalue weighted by Crippen LogP contribution is 2.21. The molecule has 0 unspecified atom stereocenters. The quantitative estimate of drug-likeness (QED) is 0.641. The number of nitrogens with two attached hydrogens (primary N) is 1. The normalized spacial score (nSPS) is 11.7. The van der Waals surface area contributed by atoms with Crippen LogP contribution in [0.1, 0.15) is 27.2 Å². The minimum Gasteiger partial charge on any atom is -0.351 e. The molecule has 0 spiro atoms. The first kappa shape index (κ1) is 18.2. The molecule has 0 aliphatic heterocycles. The zero-order valence-electron chi connectivity index (χ0n) is 14.7. The monoisotopic (exact) mass is 371 g/mol. The number of fused-ring (bicyclic) bond motifs is 1. The van der Waals surface area contributed by atoms with Gasteiger partial charge in [0, 0.05) is 17.4 Å². The number of rotatable bonds is 5. The predicted octanol–water partition coefficient (Wildman–Crippen LogP) is 2.40. The van der Waals surface area contributed by atoms with E-state index in [0.717, 1.165) is 27.6 Å². The Balaban J connectivity index is 1.63. The average Bonchev–Trinajstić information content (AvgIpc) is 2.99. The molecule has 3 aromatic rings. The highest BCUT2D eigenvalue weighted by Gasteiger charge is 2.11. The fourth-order valence-electron chi connectivity index (χ4n) is 2.98. The fourth-order valence-corrected chi connectivity index (χ4v) is 3.50. The van der Waals surface area contributed by atoms with Crippen molar-refractivity contribution in [2.45, 2.75) is 25.2 Å². The standard InChI is InChI=1S/C19H21N3O3S/c1-12-9-13(2)16-11-18(22-17(16)10-12)19(23)21-8-7-14-3-5-15(6-4-14)26(20,24)25/h3-6,9-11,22H,7-8H2,1-2H3,(H,21,23)(H2,20,24,25). The van der Waals surface area contributed by atoms with Crippen LogP contribution in [0, 0.1) is 13.8 Å². The Hall–Kier alpha value is -2.64. The molecule has 1 aromatic heterocycles. The molecule has 1 heterocycles. The molecular formula is C19H21N3O3S.